The average Bonchev–Trinajstić information content (AvgIpc) is 3.00. The molecule has 0 aliphatic carbocycles. The van der Waals surface area contributed by atoms with Crippen LogP contribution in [-0.4, -0.2) is 16.2 Å². The molecule has 2 aromatic carbocycles. The molecule has 3 heteroatoms. The Morgan fingerprint density at radius 1 is 1.00 bits per heavy atom. The van der Waals surface area contributed by atoms with E-state index in [2.05, 4.69) is 84.9 Å². The van der Waals surface area contributed by atoms with Crippen LogP contribution in [0.15, 0.2) is 60.8 Å². The number of rotatable bonds is 7. The molecule has 144 valence electrons. The molecule has 0 bridgehead atoms. The number of benzene rings is 2. The number of ether oxygens (including phenoxy) is 1. The summed E-state index contributed by atoms with van der Waals surface area (Å²) in [4.78, 5) is 4.53. The second kappa shape index (κ2) is 8.05. The lowest BCUT2D eigenvalue weighted by Gasteiger charge is -2.12. The molecule has 2 aromatic heterocycles. The smallest absolute Gasteiger partial charge is 0.121 e. The van der Waals surface area contributed by atoms with E-state index in [-0.39, 0.29) is 0 Å². The van der Waals surface area contributed by atoms with Gasteiger partial charge in [0.05, 0.1) is 23.3 Å². The number of fused-ring (bicyclic) bond motifs is 3. The number of hydrogen-bond acceptors (Lipinski definition) is 2. The highest BCUT2D eigenvalue weighted by molar-refractivity contribution is 6.09. The molecule has 0 N–H and O–H groups in total. The second-order valence-corrected chi connectivity index (χ2v) is 7.91. The first-order chi connectivity index (χ1) is 13.6. The molecule has 0 aliphatic heterocycles. The maximum Gasteiger partial charge on any atom is 0.121 e. The predicted molar refractivity (Wildman–Crippen MR) is 117 cm³/mol. The fourth-order valence-electron chi connectivity index (χ4n) is 3.96. The second-order valence-electron chi connectivity index (χ2n) is 7.91. The number of hydrogen-bond donors (Lipinski definition) is 0. The van der Waals surface area contributed by atoms with Crippen molar-refractivity contribution in [1.29, 1.82) is 0 Å². The van der Waals surface area contributed by atoms with Crippen LogP contribution in [0.25, 0.3) is 21.8 Å². The summed E-state index contributed by atoms with van der Waals surface area (Å²) in [5.41, 5.74) is 4.93. The quantitative estimate of drug-likeness (QED) is 0.363. The van der Waals surface area contributed by atoms with Crippen LogP contribution in [0.2, 0.25) is 0 Å². The van der Waals surface area contributed by atoms with Gasteiger partial charge in [0.1, 0.15) is 5.75 Å². The molecule has 4 aromatic rings. The van der Waals surface area contributed by atoms with E-state index in [1.807, 2.05) is 6.20 Å². The molecule has 0 fully saturated rings. The van der Waals surface area contributed by atoms with Crippen molar-refractivity contribution in [1.82, 2.24) is 9.55 Å². The van der Waals surface area contributed by atoms with E-state index in [4.69, 9.17) is 4.74 Å². The van der Waals surface area contributed by atoms with Crippen molar-refractivity contribution in [3.63, 3.8) is 0 Å². The molecule has 0 spiro atoms. The topological polar surface area (TPSA) is 27.1 Å². The molecule has 0 radical (unpaired) electrons. The van der Waals surface area contributed by atoms with Crippen LogP contribution in [0.3, 0.4) is 0 Å². The Hall–Kier alpha value is -2.81. The molecule has 3 nitrogen and oxygen atoms in total. The number of aryl methyl sites for hydroxylation is 2. The van der Waals surface area contributed by atoms with Crippen LogP contribution in [-0.2, 0) is 13.0 Å². The van der Waals surface area contributed by atoms with Gasteiger partial charge in [0, 0.05) is 29.6 Å². The lowest BCUT2D eigenvalue weighted by molar-refractivity contribution is 0.311. The van der Waals surface area contributed by atoms with E-state index in [0.29, 0.717) is 5.92 Å². The highest BCUT2D eigenvalue weighted by atomic mass is 16.5. The van der Waals surface area contributed by atoms with Gasteiger partial charge in [-0.3, -0.25) is 4.98 Å². The highest BCUT2D eigenvalue weighted by Gasteiger charge is 2.14. The van der Waals surface area contributed by atoms with Gasteiger partial charge >= 0.3 is 0 Å². The third-order valence-corrected chi connectivity index (χ3v) is 5.20. The van der Waals surface area contributed by atoms with E-state index >= 15 is 0 Å². The summed E-state index contributed by atoms with van der Waals surface area (Å²) in [5.74, 6) is 1.51. The van der Waals surface area contributed by atoms with Crippen molar-refractivity contribution < 1.29 is 4.74 Å². The molecular formula is C25H28N2O. The first-order valence-electron chi connectivity index (χ1n) is 10.2. The minimum Gasteiger partial charge on any atom is -0.494 e. The zero-order valence-corrected chi connectivity index (χ0v) is 17.0. The van der Waals surface area contributed by atoms with E-state index in [9.17, 15) is 0 Å². The Kier molecular flexibility index (Phi) is 5.34. The minimum atomic E-state index is 0.564. The third kappa shape index (κ3) is 3.75. The van der Waals surface area contributed by atoms with Gasteiger partial charge in [-0.2, -0.15) is 0 Å². The van der Waals surface area contributed by atoms with Crippen LogP contribution in [0.1, 0.15) is 31.5 Å². The molecule has 0 unspecified atom stereocenters. The SMILES string of the molecule is Cc1nccc2c3ccc(OCCCc4ccccc4)cc3n(CC(C)C)c12. The molecule has 2 heterocycles. The predicted octanol–water partition coefficient (Wildman–Crippen LogP) is 6.17. The minimum absolute atomic E-state index is 0.564. The Morgan fingerprint density at radius 2 is 1.82 bits per heavy atom. The Bertz CT molecular complexity index is 1080. The van der Waals surface area contributed by atoms with Gasteiger partial charge in [-0.15, -0.1) is 0 Å². The first-order valence-corrected chi connectivity index (χ1v) is 10.2. The van der Waals surface area contributed by atoms with Crippen molar-refractivity contribution in [2.75, 3.05) is 6.61 Å². The van der Waals surface area contributed by atoms with E-state index in [0.717, 1.165) is 37.4 Å². The first kappa shape index (κ1) is 18.5. The summed E-state index contributed by atoms with van der Waals surface area (Å²) in [7, 11) is 0. The summed E-state index contributed by atoms with van der Waals surface area (Å²) >= 11 is 0. The van der Waals surface area contributed by atoms with Gasteiger partial charge in [-0.05, 0) is 49.4 Å². The van der Waals surface area contributed by atoms with Crippen molar-refractivity contribution in [3.8, 4) is 5.75 Å². The van der Waals surface area contributed by atoms with Gasteiger partial charge in [-0.25, -0.2) is 0 Å². The maximum atomic E-state index is 6.09. The number of aromatic nitrogens is 2. The van der Waals surface area contributed by atoms with Crippen LogP contribution in [0.4, 0.5) is 0 Å². The fraction of sp³-hybridized carbons (Fsp3) is 0.320. The summed E-state index contributed by atoms with van der Waals surface area (Å²) in [6.07, 6.45) is 3.96. The largest absolute Gasteiger partial charge is 0.494 e. The van der Waals surface area contributed by atoms with Gasteiger partial charge < -0.3 is 9.30 Å². The van der Waals surface area contributed by atoms with Crippen molar-refractivity contribution in [2.45, 2.75) is 40.2 Å². The summed E-state index contributed by atoms with van der Waals surface area (Å²) in [6.45, 7) is 8.31. The fourth-order valence-corrected chi connectivity index (χ4v) is 3.96. The molecule has 0 amide bonds. The Balaban J connectivity index is 1.59. The van der Waals surface area contributed by atoms with Gasteiger partial charge in [0.2, 0.25) is 0 Å². The van der Waals surface area contributed by atoms with Crippen molar-refractivity contribution in [2.24, 2.45) is 5.92 Å². The van der Waals surface area contributed by atoms with Gasteiger partial charge in [0.15, 0.2) is 0 Å². The van der Waals surface area contributed by atoms with E-state index in [1.54, 1.807) is 0 Å². The summed E-state index contributed by atoms with van der Waals surface area (Å²) < 4.78 is 8.50. The van der Waals surface area contributed by atoms with Crippen molar-refractivity contribution >= 4 is 21.8 Å². The summed E-state index contributed by atoms with van der Waals surface area (Å²) in [5, 5.41) is 2.55. The number of nitrogens with zero attached hydrogens (tertiary/aromatic N) is 2. The number of pyridine rings is 1. The van der Waals surface area contributed by atoms with Gasteiger partial charge in [-0.1, -0.05) is 44.2 Å². The Morgan fingerprint density at radius 3 is 2.61 bits per heavy atom. The van der Waals surface area contributed by atoms with Crippen LogP contribution in [0.5, 0.6) is 5.75 Å². The molecule has 4 rings (SSSR count). The van der Waals surface area contributed by atoms with Crippen LogP contribution < -0.4 is 4.74 Å². The maximum absolute atomic E-state index is 6.09. The molecule has 0 saturated heterocycles. The Labute approximate surface area is 167 Å². The third-order valence-electron chi connectivity index (χ3n) is 5.20. The van der Waals surface area contributed by atoms with E-state index < -0.39 is 0 Å². The monoisotopic (exact) mass is 372 g/mol. The molecule has 0 atom stereocenters. The molecule has 28 heavy (non-hydrogen) atoms. The standard InChI is InChI=1S/C25H28N2O/c1-18(2)17-27-24-16-21(28-15-7-10-20-8-5-4-6-9-20)11-12-22(24)23-13-14-26-19(3)25(23)27/h4-6,8-9,11-14,16,18H,7,10,15,17H2,1-3H3. The normalized spacial score (nSPS) is 11.6. The molecule has 0 aliphatic rings. The zero-order chi connectivity index (χ0) is 19.5. The zero-order valence-electron chi connectivity index (χ0n) is 17.0. The molecular weight excluding hydrogens is 344 g/mol. The van der Waals surface area contributed by atoms with Crippen LogP contribution >= 0.6 is 0 Å². The highest BCUT2D eigenvalue weighted by Crippen LogP contribution is 2.33. The lowest BCUT2D eigenvalue weighted by Crippen LogP contribution is -2.05. The summed E-state index contributed by atoms with van der Waals surface area (Å²) in [6, 6.07) is 19.2. The van der Waals surface area contributed by atoms with Crippen LogP contribution in [0, 0.1) is 12.8 Å². The van der Waals surface area contributed by atoms with Crippen molar-refractivity contribution in [3.05, 3.63) is 72.1 Å². The van der Waals surface area contributed by atoms with E-state index in [1.165, 1.54) is 27.4 Å². The van der Waals surface area contributed by atoms with Gasteiger partial charge in [0.25, 0.3) is 0 Å². The molecule has 0 saturated carbocycles. The lowest BCUT2D eigenvalue weighted by atomic mass is 10.1. The average molecular weight is 373 g/mol.